The first-order chi connectivity index (χ1) is 18.8. The van der Waals surface area contributed by atoms with E-state index in [4.69, 9.17) is 0 Å². The maximum Gasteiger partial charge on any atom is 0.0355 e. The smallest absolute Gasteiger partial charge is 0.0355 e. The first-order valence-electron chi connectivity index (χ1n) is 12.8. The molecular weight excluding hydrogens is 497 g/mol. The summed E-state index contributed by atoms with van der Waals surface area (Å²) in [6.45, 7) is 0. The van der Waals surface area contributed by atoms with Crippen molar-refractivity contribution in [3.63, 3.8) is 0 Å². The summed E-state index contributed by atoms with van der Waals surface area (Å²) in [6.07, 6.45) is 0. The highest BCUT2D eigenvalue weighted by molar-refractivity contribution is 7.26. The zero-order chi connectivity index (χ0) is 25.1. The molecule has 0 spiro atoms. The molecule has 0 N–H and O–H groups in total. The van der Waals surface area contributed by atoms with E-state index in [9.17, 15) is 0 Å². The molecule has 0 aliphatic heterocycles. The van der Waals surface area contributed by atoms with Crippen LogP contribution < -0.4 is 0 Å². The minimum Gasteiger partial charge on any atom is -0.135 e. The fourth-order valence-corrected chi connectivity index (χ4v) is 7.67. The van der Waals surface area contributed by atoms with Gasteiger partial charge in [-0.3, -0.25) is 0 Å². The summed E-state index contributed by atoms with van der Waals surface area (Å²) in [5.41, 5.74) is 7.59. The molecule has 2 heteroatoms. The predicted octanol–water partition coefficient (Wildman–Crippen LogP) is 11.4. The summed E-state index contributed by atoms with van der Waals surface area (Å²) >= 11 is 3.75. The molecule has 8 aromatic rings. The van der Waals surface area contributed by atoms with Crippen LogP contribution in [0.5, 0.6) is 0 Å². The third-order valence-electron chi connectivity index (χ3n) is 7.49. The van der Waals surface area contributed by atoms with Crippen molar-refractivity contribution in [2.75, 3.05) is 0 Å². The van der Waals surface area contributed by atoms with E-state index in [1.165, 1.54) is 73.7 Å². The first-order valence-corrected chi connectivity index (χ1v) is 14.5. The number of rotatable bonds is 3. The van der Waals surface area contributed by atoms with Crippen molar-refractivity contribution in [3.05, 3.63) is 133 Å². The first kappa shape index (κ1) is 21.8. The summed E-state index contributed by atoms with van der Waals surface area (Å²) in [7, 11) is 0. The normalized spacial score (nSPS) is 11.7. The Kier molecular flexibility index (Phi) is 4.97. The molecule has 0 amide bonds. The fourth-order valence-electron chi connectivity index (χ4n) is 5.53. The molecule has 0 aliphatic carbocycles. The van der Waals surface area contributed by atoms with Crippen LogP contribution in [0.25, 0.3) is 73.7 Å². The van der Waals surface area contributed by atoms with Gasteiger partial charge in [-0.25, -0.2) is 0 Å². The van der Waals surface area contributed by atoms with Gasteiger partial charge in [0.05, 0.1) is 0 Å². The zero-order valence-electron chi connectivity index (χ0n) is 20.5. The van der Waals surface area contributed by atoms with Crippen LogP contribution in [-0.2, 0) is 0 Å². The molecule has 0 nitrogen and oxygen atoms in total. The maximum atomic E-state index is 2.38. The fraction of sp³-hybridized carbons (Fsp3) is 0. The maximum absolute atomic E-state index is 2.38. The average molecular weight is 519 g/mol. The van der Waals surface area contributed by atoms with Crippen LogP contribution in [0, 0.1) is 0 Å². The molecule has 0 saturated heterocycles. The van der Waals surface area contributed by atoms with Crippen molar-refractivity contribution in [2.45, 2.75) is 0 Å². The van der Waals surface area contributed by atoms with Crippen LogP contribution in [-0.4, -0.2) is 0 Å². The van der Waals surface area contributed by atoms with Crippen molar-refractivity contribution >= 4 is 63.0 Å². The molecule has 178 valence electrons. The van der Waals surface area contributed by atoms with Gasteiger partial charge in [0.2, 0.25) is 0 Å². The predicted molar refractivity (Wildman–Crippen MR) is 169 cm³/mol. The Balaban J connectivity index is 1.27. The number of thiophene rings is 2. The molecule has 0 fully saturated rings. The second-order valence-electron chi connectivity index (χ2n) is 9.78. The molecule has 0 atom stereocenters. The molecule has 38 heavy (non-hydrogen) atoms. The average Bonchev–Trinajstić information content (AvgIpc) is 3.54. The second kappa shape index (κ2) is 8.66. The van der Waals surface area contributed by atoms with Crippen LogP contribution in [0.2, 0.25) is 0 Å². The van der Waals surface area contributed by atoms with Crippen molar-refractivity contribution in [1.82, 2.24) is 0 Å². The van der Waals surface area contributed by atoms with Crippen molar-refractivity contribution in [3.8, 4) is 33.4 Å². The second-order valence-corrected chi connectivity index (χ2v) is 11.9. The van der Waals surface area contributed by atoms with Gasteiger partial charge in [-0.2, -0.15) is 0 Å². The highest BCUT2D eigenvalue weighted by atomic mass is 32.1. The molecular formula is C36H22S2. The third kappa shape index (κ3) is 3.57. The molecule has 0 bridgehead atoms. The van der Waals surface area contributed by atoms with Gasteiger partial charge in [0, 0.05) is 40.3 Å². The highest BCUT2D eigenvalue weighted by Crippen LogP contribution is 2.41. The van der Waals surface area contributed by atoms with Gasteiger partial charge >= 0.3 is 0 Å². The van der Waals surface area contributed by atoms with Gasteiger partial charge in [-0.15, -0.1) is 22.7 Å². The van der Waals surface area contributed by atoms with E-state index in [1.54, 1.807) is 0 Å². The Hall–Kier alpha value is -4.24. The summed E-state index contributed by atoms with van der Waals surface area (Å²) in [4.78, 5) is 0. The monoisotopic (exact) mass is 518 g/mol. The van der Waals surface area contributed by atoms with Crippen LogP contribution >= 0.6 is 22.7 Å². The zero-order valence-corrected chi connectivity index (χ0v) is 22.2. The lowest BCUT2D eigenvalue weighted by molar-refractivity contribution is 1.66. The van der Waals surface area contributed by atoms with E-state index in [2.05, 4.69) is 133 Å². The Labute approximate surface area is 229 Å². The van der Waals surface area contributed by atoms with Crippen LogP contribution in [0.15, 0.2) is 133 Å². The van der Waals surface area contributed by atoms with E-state index in [-0.39, 0.29) is 0 Å². The van der Waals surface area contributed by atoms with Gasteiger partial charge in [0.15, 0.2) is 0 Å². The van der Waals surface area contributed by atoms with Crippen molar-refractivity contribution in [1.29, 1.82) is 0 Å². The Bertz CT molecular complexity index is 1960. The lowest BCUT2D eigenvalue weighted by Gasteiger charge is -2.05. The van der Waals surface area contributed by atoms with Gasteiger partial charge in [-0.1, -0.05) is 84.9 Å². The van der Waals surface area contributed by atoms with E-state index in [0.717, 1.165) is 0 Å². The topological polar surface area (TPSA) is 0 Å². The molecule has 8 rings (SSSR count). The number of hydrogen-bond donors (Lipinski definition) is 0. The third-order valence-corrected chi connectivity index (χ3v) is 9.79. The molecule has 2 heterocycles. The van der Waals surface area contributed by atoms with E-state index < -0.39 is 0 Å². The minimum atomic E-state index is 1.26. The molecule has 0 aliphatic rings. The van der Waals surface area contributed by atoms with Crippen LogP contribution in [0.4, 0.5) is 0 Å². The lowest BCUT2D eigenvalue weighted by atomic mass is 9.98. The minimum absolute atomic E-state index is 1.26. The molecule has 0 unspecified atom stereocenters. The molecule has 6 aromatic carbocycles. The van der Waals surface area contributed by atoms with E-state index in [1.807, 2.05) is 22.7 Å². The summed E-state index contributed by atoms with van der Waals surface area (Å²) < 4.78 is 5.35. The Morgan fingerprint density at radius 2 is 0.553 bits per heavy atom. The SMILES string of the molecule is c1ccc(-c2ccc3sc4ccc(-c5ccc6sc7ccc(-c8ccccc8)cc7c6c5)cc4c3c2)cc1. The highest BCUT2D eigenvalue weighted by Gasteiger charge is 2.12. The lowest BCUT2D eigenvalue weighted by Crippen LogP contribution is -1.79. The molecule has 2 aromatic heterocycles. The largest absolute Gasteiger partial charge is 0.135 e. The van der Waals surface area contributed by atoms with Crippen molar-refractivity contribution < 1.29 is 0 Å². The molecule has 0 saturated carbocycles. The summed E-state index contributed by atoms with van der Waals surface area (Å²) in [6, 6.07) is 49.0. The summed E-state index contributed by atoms with van der Waals surface area (Å²) in [5.74, 6) is 0. The van der Waals surface area contributed by atoms with Crippen LogP contribution in [0.1, 0.15) is 0 Å². The van der Waals surface area contributed by atoms with E-state index >= 15 is 0 Å². The van der Waals surface area contributed by atoms with Gasteiger partial charge in [0.1, 0.15) is 0 Å². The van der Waals surface area contributed by atoms with Gasteiger partial charge < -0.3 is 0 Å². The Morgan fingerprint density at radius 1 is 0.263 bits per heavy atom. The van der Waals surface area contributed by atoms with Gasteiger partial charge in [0.25, 0.3) is 0 Å². The quantitative estimate of drug-likeness (QED) is 0.218. The summed E-state index contributed by atoms with van der Waals surface area (Å²) in [5, 5.41) is 5.34. The van der Waals surface area contributed by atoms with Crippen molar-refractivity contribution in [2.24, 2.45) is 0 Å². The van der Waals surface area contributed by atoms with E-state index in [0.29, 0.717) is 0 Å². The van der Waals surface area contributed by atoms with Gasteiger partial charge in [-0.05, 0) is 81.9 Å². The number of benzene rings is 6. The van der Waals surface area contributed by atoms with Crippen LogP contribution in [0.3, 0.4) is 0 Å². The molecule has 0 radical (unpaired) electrons. The Morgan fingerprint density at radius 3 is 0.868 bits per heavy atom. The number of hydrogen-bond acceptors (Lipinski definition) is 2. The number of fused-ring (bicyclic) bond motifs is 6. The standard InChI is InChI=1S/C36H22S2/c1-3-7-23(8-4-1)25-11-15-33-29(19-25)31-21-27(13-17-35(31)37-33)28-14-18-36-32(22-28)30-20-26(12-16-34(30)38-36)24-9-5-2-6-10-24/h1-22H.